The SMILES string of the molecule is CCCNC(=O)CN(CCC)C(=O)CCN.Cl. The molecule has 3 N–H and O–H groups in total. The van der Waals surface area contributed by atoms with Crippen LogP contribution in [0.1, 0.15) is 33.1 Å². The molecule has 0 aromatic heterocycles. The van der Waals surface area contributed by atoms with Crippen LogP contribution >= 0.6 is 12.4 Å². The van der Waals surface area contributed by atoms with Gasteiger partial charge in [0.15, 0.2) is 0 Å². The Balaban J connectivity index is 0. The molecule has 5 nitrogen and oxygen atoms in total. The van der Waals surface area contributed by atoms with Gasteiger partial charge < -0.3 is 16.0 Å². The second-order valence-electron chi connectivity index (χ2n) is 3.70. The normalized spacial score (nSPS) is 9.35. The fraction of sp³-hybridized carbons (Fsp3) is 0.818. The fourth-order valence-electron chi connectivity index (χ4n) is 1.34. The van der Waals surface area contributed by atoms with E-state index in [4.69, 9.17) is 5.73 Å². The van der Waals surface area contributed by atoms with Gasteiger partial charge in [0.25, 0.3) is 0 Å². The van der Waals surface area contributed by atoms with Gasteiger partial charge >= 0.3 is 0 Å². The second-order valence-corrected chi connectivity index (χ2v) is 3.70. The summed E-state index contributed by atoms with van der Waals surface area (Å²) in [6.45, 7) is 5.71. The minimum atomic E-state index is -0.0966. The Bertz CT molecular complexity index is 225. The molecule has 0 saturated carbocycles. The third kappa shape index (κ3) is 8.94. The molecule has 17 heavy (non-hydrogen) atoms. The fourth-order valence-corrected chi connectivity index (χ4v) is 1.34. The van der Waals surface area contributed by atoms with E-state index in [1.54, 1.807) is 4.90 Å². The maximum atomic E-state index is 11.6. The molecule has 0 heterocycles. The van der Waals surface area contributed by atoms with Crippen molar-refractivity contribution in [3.63, 3.8) is 0 Å². The van der Waals surface area contributed by atoms with Crippen molar-refractivity contribution in [1.29, 1.82) is 0 Å². The summed E-state index contributed by atoms with van der Waals surface area (Å²) in [5.74, 6) is -0.142. The van der Waals surface area contributed by atoms with Crippen LogP contribution in [0.3, 0.4) is 0 Å². The Morgan fingerprint density at radius 1 is 1.24 bits per heavy atom. The number of hydrogen-bond donors (Lipinski definition) is 2. The lowest BCUT2D eigenvalue weighted by Gasteiger charge is -2.21. The van der Waals surface area contributed by atoms with E-state index in [0.717, 1.165) is 12.8 Å². The summed E-state index contributed by atoms with van der Waals surface area (Å²) in [6, 6.07) is 0. The first-order valence-corrected chi connectivity index (χ1v) is 5.90. The molecular formula is C11H24ClN3O2. The van der Waals surface area contributed by atoms with Crippen molar-refractivity contribution in [2.75, 3.05) is 26.2 Å². The molecule has 0 aromatic rings. The number of amides is 2. The van der Waals surface area contributed by atoms with Crippen LogP contribution in [0.5, 0.6) is 0 Å². The molecule has 0 fully saturated rings. The molecule has 0 aliphatic carbocycles. The van der Waals surface area contributed by atoms with Crippen LogP contribution in [-0.2, 0) is 9.59 Å². The maximum absolute atomic E-state index is 11.6. The molecular weight excluding hydrogens is 242 g/mol. The summed E-state index contributed by atoms with van der Waals surface area (Å²) in [4.78, 5) is 24.6. The van der Waals surface area contributed by atoms with E-state index in [0.29, 0.717) is 26.1 Å². The molecule has 0 atom stereocenters. The summed E-state index contributed by atoms with van der Waals surface area (Å²) in [5, 5.41) is 2.75. The van der Waals surface area contributed by atoms with E-state index in [-0.39, 0.29) is 30.8 Å². The van der Waals surface area contributed by atoms with E-state index in [9.17, 15) is 9.59 Å². The zero-order valence-electron chi connectivity index (χ0n) is 10.7. The smallest absolute Gasteiger partial charge is 0.239 e. The highest BCUT2D eigenvalue weighted by molar-refractivity contribution is 5.85. The average molecular weight is 266 g/mol. The average Bonchev–Trinajstić information content (AvgIpc) is 2.26. The van der Waals surface area contributed by atoms with Crippen molar-refractivity contribution >= 4 is 24.2 Å². The quantitative estimate of drug-likeness (QED) is 0.672. The van der Waals surface area contributed by atoms with Crippen molar-refractivity contribution in [3.8, 4) is 0 Å². The van der Waals surface area contributed by atoms with Gasteiger partial charge in [-0.05, 0) is 12.8 Å². The van der Waals surface area contributed by atoms with E-state index in [1.165, 1.54) is 0 Å². The first-order valence-electron chi connectivity index (χ1n) is 5.90. The standard InChI is InChI=1S/C11H23N3O2.ClH/c1-3-7-13-10(15)9-14(8-4-2)11(16)5-6-12;/h3-9,12H2,1-2H3,(H,13,15);1H. The third-order valence-electron chi connectivity index (χ3n) is 2.11. The first-order chi connectivity index (χ1) is 7.65. The molecule has 0 aromatic carbocycles. The lowest BCUT2D eigenvalue weighted by atomic mass is 10.3. The second kappa shape index (κ2) is 11.7. The number of rotatable bonds is 8. The summed E-state index contributed by atoms with van der Waals surface area (Å²) >= 11 is 0. The number of nitrogens with two attached hydrogens (primary N) is 1. The van der Waals surface area contributed by atoms with Gasteiger partial charge in [-0.3, -0.25) is 9.59 Å². The summed E-state index contributed by atoms with van der Waals surface area (Å²) in [7, 11) is 0. The Morgan fingerprint density at radius 2 is 1.88 bits per heavy atom. The van der Waals surface area contributed by atoms with Crippen molar-refractivity contribution in [3.05, 3.63) is 0 Å². The van der Waals surface area contributed by atoms with Gasteiger partial charge in [-0.15, -0.1) is 12.4 Å². The van der Waals surface area contributed by atoms with Gasteiger partial charge in [-0.2, -0.15) is 0 Å². The van der Waals surface area contributed by atoms with Gasteiger partial charge in [-0.25, -0.2) is 0 Å². The highest BCUT2D eigenvalue weighted by Gasteiger charge is 2.14. The van der Waals surface area contributed by atoms with Crippen LogP contribution in [0.2, 0.25) is 0 Å². The summed E-state index contributed by atoms with van der Waals surface area (Å²) in [5.41, 5.74) is 5.33. The van der Waals surface area contributed by atoms with Gasteiger partial charge in [-0.1, -0.05) is 13.8 Å². The predicted octanol–water partition coefficient (Wildman–Crippen LogP) is 0.522. The molecule has 0 aliphatic rings. The van der Waals surface area contributed by atoms with Crippen molar-refractivity contribution in [2.24, 2.45) is 5.73 Å². The van der Waals surface area contributed by atoms with E-state index in [1.807, 2.05) is 13.8 Å². The zero-order valence-corrected chi connectivity index (χ0v) is 11.5. The highest BCUT2D eigenvalue weighted by Crippen LogP contribution is 1.95. The monoisotopic (exact) mass is 265 g/mol. The lowest BCUT2D eigenvalue weighted by molar-refractivity contribution is -0.135. The van der Waals surface area contributed by atoms with Crippen molar-refractivity contribution in [2.45, 2.75) is 33.1 Å². The summed E-state index contributed by atoms with van der Waals surface area (Å²) in [6.07, 6.45) is 2.05. The molecule has 0 radical (unpaired) electrons. The number of carbonyl (C=O) groups excluding carboxylic acids is 2. The van der Waals surface area contributed by atoms with Crippen LogP contribution in [0.15, 0.2) is 0 Å². The van der Waals surface area contributed by atoms with Gasteiger partial charge in [0, 0.05) is 26.1 Å². The van der Waals surface area contributed by atoms with Crippen LogP contribution in [-0.4, -0.2) is 42.9 Å². The van der Waals surface area contributed by atoms with Crippen LogP contribution in [0.4, 0.5) is 0 Å². The molecule has 6 heteroatoms. The van der Waals surface area contributed by atoms with E-state index >= 15 is 0 Å². The number of hydrogen-bond acceptors (Lipinski definition) is 3. The highest BCUT2D eigenvalue weighted by atomic mass is 35.5. The molecule has 102 valence electrons. The number of nitrogens with one attached hydrogen (secondary N) is 1. The lowest BCUT2D eigenvalue weighted by Crippen LogP contribution is -2.41. The first kappa shape index (κ1) is 18.6. The maximum Gasteiger partial charge on any atom is 0.239 e. The third-order valence-corrected chi connectivity index (χ3v) is 2.11. The number of carbonyl (C=O) groups is 2. The van der Waals surface area contributed by atoms with Crippen molar-refractivity contribution in [1.82, 2.24) is 10.2 Å². The van der Waals surface area contributed by atoms with Crippen molar-refractivity contribution < 1.29 is 9.59 Å². The van der Waals surface area contributed by atoms with Gasteiger partial charge in [0.05, 0.1) is 6.54 Å². The van der Waals surface area contributed by atoms with Gasteiger partial charge in [0.2, 0.25) is 11.8 Å². The molecule has 0 bridgehead atoms. The molecule has 0 unspecified atom stereocenters. The molecule has 2 amide bonds. The van der Waals surface area contributed by atoms with E-state index < -0.39 is 0 Å². The van der Waals surface area contributed by atoms with E-state index in [2.05, 4.69) is 5.32 Å². The Kier molecular flexibility index (Phi) is 12.7. The number of nitrogens with zero attached hydrogens (tertiary/aromatic N) is 1. The molecule has 0 saturated heterocycles. The summed E-state index contributed by atoms with van der Waals surface area (Å²) < 4.78 is 0. The Morgan fingerprint density at radius 3 is 2.35 bits per heavy atom. The van der Waals surface area contributed by atoms with Crippen LogP contribution in [0, 0.1) is 0 Å². The zero-order chi connectivity index (χ0) is 12.4. The largest absolute Gasteiger partial charge is 0.355 e. The molecule has 0 rings (SSSR count). The Labute approximate surface area is 110 Å². The molecule has 0 spiro atoms. The molecule has 0 aliphatic heterocycles. The van der Waals surface area contributed by atoms with Crippen LogP contribution < -0.4 is 11.1 Å². The van der Waals surface area contributed by atoms with Gasteiger partial charge in [0.1, 0.15) is 0 Å². The number of halogens is 1. The van der Waals surface area contributed by atoms with Crippen LogP contribution in [0.25, 0.3) is 0 Å². The Hall–Kier alpha value is -0.810. The topological polar surface area (TPSA) is 75.4 Å². The minimum absolute atomic E-state index is 0. The minimum Gasteiger partial charge on any atom is -0.355 e. The predicted molar refractivity (Wildman–Crippen MR) is 71.1 cm³/mol.